The van der Waals surface area contributed by atoms with Gasteiger partial charge in [-0.15, -0.1) is 0 Å². The van der Waals surface area contributed by atoms with E-state index in [2.05, 4.69) is 0 Å². The van der Waals surface area contributed by atoms with Crippen LogP contribution in [0.2, 0.25) is 0 Å². The van der Waals surface area contributed by atoms with Gasteiger partial charge in [-0.1, -0.05) is 0 Å². The monoisotopic (exact) mass is 252 g/mol. The maximum absolute atomic E-state index is 10.8. The number of anilines is 1. The minimum Gasteiger partial charge on any atom is -0.493 e. The summed E-state index contributed by atoms with van der Waals surface area (Å²) in [5, 5.41) is 8.86. The molecule has 1 atom stereocenters. The van der Waals surface area contributed by atoms with Gasteiger partial charge in [0.25, 0.3) is 0 Å². The van der Waals surface area contributed by atoms with Crippen molar-refractivity contribution in [2.24, 2.45) is 0 Å². The Balaban J connectivity index is 2.04. The third-order valence-electron chi connectivity index (χ3n) is 2.90. The molecule has 6 heteroatoms. The summed E-state index contributed by atoms with van der Waals surface area (Å²) < 4.78 is 10.9. The molecule has 1 aliphatic heterocycles. The van der Waals surface area contributed by atoms with E-state index < -0.39 is 6.09 Å². The second-order valence-electron chi connectivity index (χ2n) is 4.17. The second-order valence-corrected chi connectivity index (χ2v) is 4.17. The van der Waals surface area contributed by atoms with E-state index in [1.54, 1.807) is 25.3 Å². The third kappa shape index (κ3) is 2.58. The number of amides is 1. The van der Waals surface area contributed by atoms with Crippen molar-refractivity contribution < 1.29 is 19.4 Å². The number of carbonyl (C=O) groups is 1. The van der Waals surface area contributed by atoms with E-state index in [0.717, 1.165) is 0 Å². The summed E-state index contributed by atoms with van der Waals surface area (Å²) in [4.78, 5) is 12.1. The van der Waals surface area contributed by atoms with E-state index in [1.807, 2.05) is 0 Å². The number of nitrogens with two attached hydrogens (primary N) is 1. The zero-order chi connectivity index (χ0) is 13.1. The summed E-state index contributed by atoms with van der Waals surface area (Å²) in [5.74, 6) is 1.15. The Morgan fingerprint density at radius 2 is 2.28 bits per heavy atom. The lowest BCUT2D eigenvalue weighted by Gasteiger charge is -2.16. The fourth-order valence-electron chi connectivity index (χ4n) is 1.96. The quantitative estimate of drug-likeness (QED) is 0.794. The molecule has 0 spiro atoms. The van der Waals surface area contributed by atoms with Crippen LogP contribution in [0.1, 0.15) is 6.42 Å². The molecule has 1 aromatic rings. The van der Waals surface area contributed by atoms with E-state index in [-0.39, 0.29) is 6.10 Å². The zero-order valence-corrected chi connectivity index (χ0v) is 10.1. The number of benzene rings is 1. The largest absolute Gasteiger partial charge is 0.493 e. The van der Waals surface area contributed by atoms with Gasteiger partial charge < -0.3 is 25.2 Å². The number of ether oxygens (including phenoxy) is 2. The minimum atomic E-state index is -0.912. The van der Waals surface area contributed by atoms with E-state index in [0.29, 0.717) is 36.7 Å². The van der Waals surface area contributed by atoms with Crippen LogP contribution in [0.4, 0.5) is 10.5 Å². The fraction of sp³-hybridized carbons (Fsp3) is 0.417. The number of nitrogen functional groups attached to an aromatic ring is 1. The molecule has 1 aromatic carbocycles. The van der Waals surface area contributed by atoms with Crippen LogP contribution in [0.25, 0.3) is 0 Å². The summed E-state index contributed by atoms with van der Waals surface area (Å²) in [6, 6.07) is 5.14. The topological polar surface area (TPSA) is 85.0 Å². The number of methoxy groups -OCH3 is 1. The Morgan fingerprint density at radius 3 is 2.89 bits per heavy atom. The van der Waals surface area contributed by atoms with E-state index >= 15 is 0 Å². The van der Waals surface area contributed by atoms with Crippen molar-refractivity contribution >= 4 is 11.8 Å². The van der Waals surface area contributed by atoms with Crippen molar-refractivity contribution in [3.05, 3.63) is 18.2 Å². The van der Waals surface area contributed by atoms with Crippen molar-refractivity contribution in [2.75, 3.05) is 25.9 Å². The van der Waals surface area contributed by atoms with Crippen molar-refractivity contribution in [2.45, 2.75) is 12.5 Å². The first-order valence-corrected chi connectivity index (χ1v) is 5.68. The number of carboxylic acid groups (broad SMARTS) is 1. The highest BCUT2D eigenvalue weighted by atomic mass is 16.5. The Hall–Kier alpha value is -2.11. The predicted molar refractivity (Wildman–Crippen MR) is 66.0 cm³/mol. The zero-order valence-electron chi connectivity index (χ0n) is 10.1. The van der Waals surface area contributed by atoms with Gasteiger partial charge in [0.15, 0.2) is 11.5 Å². The predicted octanol–water partition coefficient (Wildman–Crippen LogP) is 1.41. The molecule has 18 heavy (non-hydrogen) atoms. The van der Waals surface area contributed by atoms with Gasteiger partial charge in [0.05, 0.1) is 13.7 Å². The number of rotatable bonds is 3. The molecule has 1 heterocycles. The molecular formula is C12H16N2O4. The molecule has 1 amide bonds. The molecule has 2 rings (SSSR count). The Bertz CT molecular complexity index is 450. The fourth-order valence-corrected chi connectivity index (χ4v) is 1.96. The number of likely N-dealkylation sites (tertiary alicyclic amines) is 1. The summed E-state index contributed by atoms with van der Waals surface area (Å²) in [7, 11) is 1.54. The van der Waals surface area contributed by atoms with Crippen LogP contribution in [0.5, 0.6) is 11.5 Å². The maximum atomic E-state index is 10.8. The molecule has 0 bridgehead atoms. The van der Waals surface area contributed by atoms with Gasteiger partial charge in [-0.05, 0) is 12.1 Å². The van der Waals surface area contributed by atoms with E-state index in [9.17, 15) is 4.79 Å². The molecule has 0 radical (unpaired) electrons. The molecule has 0 aromatic heterocycles. The van der Waals surface area contributed by atoms with Crippen LogP contribution in [-0.2, 0) is 0 Å². The van der Waals surface area contributed by atoms with E-state index in [1.165, 1.54) is 4.90 Å². The first kappa shape index (κ1) is 12.3. The average Bonchev–Trinajstić information content (AvgIpc) is 2.80. The summed E-state index contributed by atoms with van der Waals surface area (Å²) in [5.41, 5.74) is 6.25. The van der Waals surface area contributed by atoms with Crippen molar-refractivity contribution in [1.29, 1.82) is 0 Å². The van der Waals surface area contributed by atoms with Gasteiger partial charge in [-0.3, -0.25) is 0 Å². The average molecular weight is 252 g/mol. The van der Waals surface area contributed by atoms with Gasteiger partial charge in [-0.2, -0.15) is 0 Å². The molecule has 6 nitrogen and oxygen atoms in total. The number of hydrogen-bond donors (Lipinski definition) is 2. The Kier molecular flexibility index (Phi) is 3.45. The highest BCUT2D eigenvalue weighted by Crippen LogP contribution is 2.31. The summed E-state index contributed by atoms with van der Waals surface area (Å²) in [6.45, 7) is 0.875. The Morgan fingerprint density at radius 1 is 1.50 bits per heavy atom. The third-order valence-corrected chi connectivity index (χ3v) is 2.90. The molecule has 1 saturated heterocycles. The van der Waals surface area contributed by atoms with Crippen LogP contribution in [0.3, 0.4) is 0 Å². The molecule has 0 aliphatic carbocycles. The lowest BCUT2D eigenvalue weighted by Crippen LogP contribution is -2.29. The van der Waals surface area contributed by atoms with Crippen LogP contribution < -0.4 is 15.2 Å². The highest BCUT2D eigenvalue weighted by molar-refractivity contribution is 5.65. The lowest BCUT2D eigenvalue weighted by molar-refractivity contribution is 0.145. The first-order valence-electron chi connectivity index (χ1n) is 5.68. The first-order chi connectivity index (χ1) is 8.60. The smallest absolute Gasteiger partial charge is 0.407 e. The van der Waals surface area contributed by atoms with Gasteiger partial charge in [0.2, 0.25) is 0 Å². The normalized spacial score (nSPS) is 18.7. The van der Waals surface area contributed by atoms with Crippen molar-refractivity contribution in [1.82, 2.24) is 4.90 Å². The van der Waals surface area contributed by atoms with Gasteiger partial charge in [0, 0.05) is 24.7 Å². The van der Waals surface area contributed by atoms with Crippen molar-refractivity contribution in [3.8, 4) is 11.5 Å². The molecule has 98 valence electrons. The summed E-state index contributed by atoms with van der Waals surface area (Å²) in [6.07, 6.45) is -0.371. The summed E-state index contributed by atoms with van der Waals surface area (Å²) >= 11 is 0. The highest BCUT2D eigenvalue weighted by Gasteiger charge is 2.27. The second kappa shape index (κ2) is 5.03. The molecular weight excluding hydrogens is 236 g/mol. The lowest BCUT2D eigenvalue weighted by atomic mass is 10.2. The molecule has 1 unspecified atom stereocenters. The minimum absolute atomic E-state index is 0.140. The van der Waals surface area contributed by atoms with E-state index in [4.69, 9.17) is 20.3 Å². The van der Waals surface area contributed by atoms with Gasteiger partial charge >= 0.3 is 6.09 Å². The maximum Gasteiger partial charge on any atom is 0.407 e. The van der Waals surface area contributed by atoms with Gasteiger partial charge in [-0.25, -0.2) is 4.79 Å². The molecule has 0 saturated carbocycles. The number of nitrogens with zero attached hydrogens (tertiary/aromatic N) is 1. The molecule has 1 aliphatic rings. The molecule has 3 N–H and O–H groups in total. The van der Waals surface area contributed by atoms with Crippen LogP contribution in [-0.4, -0.2) is 42.4 Å². The Labute approximate surface area is 105 Å². The van der Waals surface area contributed by atoms with Crippen LogP contribution in [0.15, 0.2) is 18.2 Å². The standard InChI is InChI=1S/C12H16N2O4/c1-17-11-6-8(13)2-3-10(11)18-9-4-5-14(7-9)12(15)16/h2-3,6,9H,4-5,7,13H2,1H3,(H,15,16). The van der Waals surface area contributed by atoms with Crippen LogP contribution in [0, 0.1) is 0 Å². The van der Waals surface area contributed by atoms with Crippen molar-refractivity contribution in [3.63, 3.8) is 0 Å². The molecule has 1 fully saturated rings. The van der Waals surface area contributed by atoms with Crippen LogP contribution >= 0.6 is 0 Å². The number of hydrogen-bond acceptors (Lipinski definition) is 4. The SMILES string of the molecule is COc1cc(N)ccc1OC1CCN(C(=O)O)C1. The van der Waals surface area contributed by atoms with Gasteiger partial charge in [0.1, 0.15) is 6.10 Å².